The maximum atomic E-state index is 12.5. The molecule has 15 heteroatoms. The van der Waals surface area contributed by atoms with E-state index in [0.717, 1.165) is 61.2 Å². The van der Waals surface area contributed by atoms with Crippen LogP contribution in [0, 0.1) is 62.3 Å². The molecule has 0 spiro atoms. The van der Waals surface area contributed by atoms with E-state index >= 15 is 0 Å². The fourth-order valence-corrected chi connectivity index (χ4v) is 13.5. The third kappa shape index (κ3) is 14.3. The number of hydrogen-bond acceptors (Lipinski definition) is 12. The van der Waals surface area contributed by atoms with Crippen LogP contribution in [-0.2, 0) is 19.8 Å². The lowest BCUT2D eigenvalue weighted by molar-refractivity contribution is -0.140. The van der Waals surface area contributed by atoms with Crippen molar-refractivity contribution in [3.8, 4) is 51.7 Å². The molecule has 0 aliphatic heterocycles. The molecule has 97 heavy (non-hydrogen) atoms. The fraction of sp³-hybridized carbons (Fsp3) is 0.232. The standard InChI is InChI=1S/C82H80O15/c1-43-28-54(14-22-67(43)83)76(55-15-23-68(84)44(2)29-55)64-37-60(34-49(7)79(64)95-40-73(89)90)52(10)53-12-20-61(21-13-53)82(11,62-35-50(8)80(96-41-74(91)92)65(38-62)77(56-16-24-69(85)45(3)30-56)57-17-25-70(86)46(4)31-57)63-36-51(9)81(97-42-75(93)94)66(39-63)78(58-18-26-71(87)47(5)32-58)59-19-27-72(88)48(6)33-59/h12-39,52,76-78,83-88H,40-42H2,1-11H3,(H,89,90)(H,91,92)(H,93,94). The van der Waals surface area contributed by atoms with Crippen LogP contribution in [0.5, 0.6) is 51.7 Å². The minimum absolute atomic E-state index is 0.0713. The average Bonchev–Trinajstić information content (AvgIpc) is 0.738. The molecule has 1 unspecified atom stereocenters. The number of aromatic hydroxyl groups is 6. The summed E-state index contributed by atoms with van der Waals surface area (Å²) in [6, 6.07) is 52.1. The summed E-state index contributed by atoms with van der Waals surface area (Å²) in [6.45, 7) is 18.6. The summed E-state index contributed by atoms with van der Waals surface area (Å²) in [6.07, 6.45) is 0. The molecule has 0 amide bonds. The fourth-order valence-electron chi connectivity index (χ4n) is 13.5. The van der Waals surface area contributed by atoms with Crippen LogP contribution in [0.4, 0.5) is 0 Å². The molecule has 15 nitrogen and oxygen atoms in total. The van der Waals surface area contributed by atoms with Crippen molar-refractivity contribution in [2.24, 2.45) is 0 Å². The first-order chi connectivity index (χ1) is 46.0. The lowest BCUT2D eigenvalue weighted by Gasteiger charge is -2.36. The Hall–Kier alpha value is -11.2. The summed E-state index contributed by atoms with van der Waals surface area (Å²) in [4.78, 5) is 37.3. The molecule has 498 valence electrons. The van der Waals surface area contributed by atoms with E-state index in [4.69, 9.17) is 14.2 Å². The number of carbonyl (C=O) groups is 3. The number of phenols is 6. The Morgan fingerprint density at radius 3 is 0.804 bits per heavy atom. The van der Waals surface area contributed by atoms with Crippen LogP contribution in [0.3, 0.4) is 0 Å². The van der Waals surface area contributed by atoms with Crippen molar-refractivity contribution in [3.05, 3.63) is 298 Å². The molecule has 0 radical (unpaired) electrons. The molecule has 0 fully saturated rings. The zero-order valence-electron chi connectivity index (χ0n) is 56.1. The minimum Gasteiger partial charge on any atom is -0.508 e. The van der Waals surface area contributed by atoms with Crippen molar-refractivity contribution in [2.45, 2.75) is 105 Å². The number of carboxylic acid groups (broad SMARTS) is 3. The van der Waals surface area contributed by atoms with Crippen LogP contribution >= 0.6 is 0 Å². The van der Waals surface area contributed by atoms with Gasteiger partial charge >= 0.3 is 17.9 Å². The van der Waals surface area contributed by atoms with Crippen LogP contribution in [0.1, 0.15) is 165 Å². The van der Waals surface area contributed by atoms with Gasteiger partial charge in [-0.05, 0) is 229 Å². The maximum absolute atomic E-state index is 12.5. The number of aryl methyl sites for hydroxylation is 9. The van der Waals surface area contributed by atoms with Crippen LogP contribution in [0.2, 0.25) is 0 Å². The van der Waals surface area contributed by atoms with Gasteiger partial charge in [-0.2, -0.15) is 0 Å². The molecule has 10 rings (SSSR count). The maximum Gasteiger partial charge on any atom is 0.341 e. The van der Waals surface area contributed by atoms with E-state index in [1.165, 1.54) is 0 Å². The Kier molecular flexibility index (Phi) is 19.8. The van der Waals surface area contributed by atoms with Crippen LogP contribution in [0.15, 0.2) is 170 Å². The molecule has 10 aromatic carbocycles. The molecular weight excluding hydrogens is 1220 g/mol. The Morgan fingerprint density at radius 1 is 0.309 bits per heavy atom. The normalized spacial score (nSPS) is 11.9. The lowest BCUT2D eigenvalue weighted by Crippen LogP contribution is -2.27. The van der Waals surface area contributed by atoms with Crippen LogP contribution in [0.25, 0.3) is 0 Å². The second-order valence-electron chi connectivity index (χ2n) is 25.8. The first-order valence-corrected chi connectivity index (χ1v) is 31.9. The van der Waals surface area contributed by atoms with E-state index < -0.39 is 60.9 Å². The zero-order valence-corrected chi connectivity index (χ0v) is 56.1. The first-order valence-electron chi connectivity index (χ1n) is 31.9. The van der Waals surface area contributed by atoms with E-state index in [-0.39, 0.29) is 40.4 Å². The van der Waals surface area contributed by atoms with Gasteiger partial charge in [0.2, 0.25) is 0 Å². The number of carboxylic acids is 3. The molecule has 0 saturated heterocycles. The van der Waals surface area contributed by atoms with Crippen LogP contribution < -0.4 is 14.2 Å². The van der Waals surface area contributed by atoms with Crippen molar-refractivity contribution < 1.29 is 74.6 Å². The number of hydrogen-bond donors (Lipinski definition) is 9. The first kappa shape index (κ1) is 68.7. The van der Waals surface area contributed by atoms with Gasteiger partial charge in [-0.25, -0.2) is 14.4 Å². The minimum atomic E-state index is -1.21. The zero-order chi connectivity index (χ0) is 70.1. The number of aliphatic carboxylic acids is 3. The van der Waals surface area contributed by atoms with E-state index in [1.54, 1.807) is 77.9 Å². The lowest BCUT2D eigenvalue weighted by atomic mass is 9.68. The number of phenolic OH excluding ortho intramolecular Hbond substituents is 6. The smallest absolute Gasteiger partial charge is 0.341 e. The third-order valence-corrected chi connectivity index (χ3v) is 18.9. The Balaban J connectivity index is 1.25. The number of ether oxygens (including phenoxy) is 3. The highest BCUT2D eigenvalue weighted by Gasteiger charge is 2.38. The molecule has 0 aliphatic carbocycles. The van der Waals surface area contributed by atoms with Crippen molar-refractivity contribution in [2.75, 3.05) is 19.8 Å². The Morgan fingerprint density at radius 2 is 0.546 bits per heavy atom. The predicted molar refractivity (Wildman–Crippen MR) is 372 cm³/mol. The van der Waals surface area contributed by atoms with E-state index in [0.29, 0.717) is 84.0 Å². The van der Waals surface area contributed by atoms with Crippen molar-refractivity contribution in [3.63, 3.8) is 0 Å². The Labute approximate surface area is 564 Å². The summed E-state index contributed by atoms with van der Waals surface area (Å²) in [5, 5.41) is 95.8. The van der Waals surface area contributed by atoms with E-state index in [9.17, 15) is 60.3 Å². The largest absolute Gasteiger partial charge is 0.508 e. The van der Waals surface area contributed by atoms with Gasteiger partial charge in [0.25, 0.3) is 0 Å². The highest BCUT2D eigenvalue weighted by molar-refractivity contribution is 5.71. The Bertz CT molecular complexity index is 4360. The van der Waals surface area contributed by atoms with Gasteiger partial charge in [-0.15, -0.1) is 0 Å². The molecule has 10 aromatic rings. The SMILES string of the molecule is Cc1cc(C(c2ccc(O)c(C)c2)c2cc(C(C)c3ccc(C(C)(c4cc(C)c(OCC(=O)O)c(C(c5ccc(O)c(C)c5)c5ccc(O)c(C)c5)c4)c4cc(C)c(OCC(=O)O)c(C(c5ccc(O)c(C)c5)c5ccc(O)c(C)c5)c4)cc3)cc(C)c2OCC(=O)O)ccc1O. The highest BCUT2D eigenvalue weighted by atomic mass is 16.5. The summed E-state index contributed by atoms with van der Waals surface area (Å²) >= 11 is 0. The van der Waals surface area contributed by atoms with Gasteiger partial charge in [0.05, 0.1) is 0 Å². The van der Waals surface area contributed by atoms with Gasteiger partial charge in [0, 0.05) is 45.8 Å². The summed E-state index contributed by atoms with van der Waals surface area (Å²) < 4.78 is 18.9. The molecule has 1 atom stereocenters. The van der Waals surface area contributed by atoms with Crippen molar-refractivity contribution >= 4 is 17.9 Å². The predicted octanol–water partition coefficient (Wildman–Crippen LogP) is 16.1. The highest BCUT2D eigenvalue weighted by Crippen LogP contribution is 2.51. The molecule has 9 N–H and O–H groups in total. The summed E-state index contributed by atoms with van der Waals surface area (Å²) in [7, 11) is 0. The van der Waals surface area contributed by atoms with Crippen molar-refractivity contribution in [1.82, 2.24) is 0 Å². The van der Waals surface area contributed by atoms with Gasteiger partial charge in [0.15, 0.2) is 19.8 Å². The molecule has 0 saturated carbocycles. The number of benzene rings is 10. The van der Waals surface area contributed by atoms with Gasteiger partial charge in [0.1, 0.15) is 51.7 Å². The molecule has 0 aliphatic rings. The molecule has 0 aromatic heterocycles. The summed E-state index contributed by atoms with van der Waals surface area (Å²) in [5.41, 5.74) is 14.5. The van der Waals surface area contributed by atoms with E-state index in [2.05, 4.69) is 38.1 Å². The second kappa shape index (κ2) is 28.0. The second-order valence-corrected chi connectivity index (χ2v) is 25.8. The van der Waals surface area contributed by atoms with Gasteiger partial charge in [-0.1, -0.05) is 128 Å². The number of rotatable bonds is 23. The van der Waals surface area contributed by atoms with Crippen molar-refractivity contribution in [1.29, 1.82) is 0 Å². The quantitative estimate of drug-likeness (QED) is 0.0270. The molecular formula is C82H80O15. The monoisotopic (exact) mass is 1300 g/mol. The third-order valence-electron chi connectivity index (χ3n) is 18.9. The summed E-state index contributed by atoms with van der Waals surface area (Å²) in [5.74, 6) is -4.35. The topological polar surface area (TPSA) is 261 Å². The van der Waals surface area contributed by atoms with Crippen LogP contribution in [-0.4, -0.2) is 83.7 Å². The van der Waals surface area contributed by atoms with Gasteiger partial charge < -0.3 is 60.2 Å². The molecule has 0 heterocycles. The van der Waals surface area contributed by atoms with Gasteiger partial charge in [-0.3, -0.25) is 0 Å². The van der Waals surface area contributed by atoms with E-state index in [1.807, 2.05) is 130 Å². The average molecular weight is 1310 g/mol. The molecule has 0 bridgehead atoms.